The Morgan fingerprint density at radius 2 is 2.00 bits per heavy atom. The van der Waals surface area contributed by atoms with Crippen LogP contribution in [0, 0.1) is 11.6 Å². The molecular formula is C20H24ClF2N3O. The zero-order valence-electron chi connectivity index (χ0n) is 15.4. The van der Waals surface area contributed by atoms with E-state index in [0.717, 1.165) is 48.5 Å². The standard InChI is InChI=1S/C20H23F2N3O.ClH/c1-13(14-8-9-16(21)17(22)11-14)24(2)20(26)12-25-10-4-5-15-18(23)6-3-7-19(15)25;/h3,6-9,11,13H,4-5,10,12,23H2,1-2H3;1H. The molecule has 7 heteroatoms. The second-order valence-electron chi connectivity index (χ2n) is 6.72. The highest BCUT2D eigenvalue weighted by Crippen LogP contribution is 2.31. The molecule has 1 amide bonds. The highest BCUT2D eigenvalue weighted by Gasteiger charge is 2.24. The Morgan fingerprint density at radius 3 is 2.70 bits per heavy atom. The van der Waals surface area contributed by atoms with Crippen LogP contribution in [0.3, 0.4) is 0 Å². The maximum Gasteiger partial charge on any atom is 0.242 e. The SMILES string of the molecule is CC(c1ccc(F)c(F)c1)N(C)C(=O)CN1CCCc2c(N)cccc21.Cl. The molecule has 27 heavy (non-hydrogen) atoms. The van der Waals surface area contributed by atoms with E-state index in [4.69, 9.17) is 5.73 Å². The number of carbonyl (C=O) groups is 1. The van der Waals surface area contributed by atoms with Crippen molar-refractivity contribution in [1.29, 1.82) is 0 Å². The van der Waals surface area contributed by atoms with Gasteiger partial charge in [0.05, 0.1) is 12.6 Å². The fraction of sp³-hybridized carbons (Fsp3) is 0.350. The van der Waals surface area contributed by atoms with Gasteiger partial charge in [0.2, 0.25) is 5.91 Å². The molecule has 1 heterocycles. The molecule has 1 unspecified atom stereocenters. The van der Waals surface area contributed by atoms with Gasteiger partial charge < -0.3 is 15.5 Å². The number of hydrogen-bond donors (Lipinski definition) is 1. The molecule has 0 bridgehead atoms. The molecule has 1 aliphatic heterocycles. The first-order valence-corrected chi connectivity index (χ1v) is 8.71. The summed E-state index contributed by atoms with van der Waals surface area (Å²) in [6, 6.07) is 9.12. The summed E-state index contributed by atoms with van der Waals surface area (Å²) in [5, 5.41) is 0. The third kappa shape index (κ3) is 4.33. The van der Waals surface area contributed by atoms with Gasteiger partial charge in [-0.05, 0) is 55.2 Å². The van der Waals surface area contributed by atoms with Crippen LogP contribution in [0.1, 0.15) is 30.5 Å². The zero-order chi connectivity index (χ0) is 18.8. The average Bonchev–Trinajstić information content (AvgIpc) is 2.63. The van der Waals surface area contributed by atoms with Gasteiger partial charge >= 0.3 is 0 Å². The molecule has 0 aliphatic carbocycles. The van der Waals surface area contributed by atoms with Crippen LogP contribution < -0.4 is 10.6 Å². The van der Waals surface area contributed by atoms with Gasteiger partial charge in [-0.15, -0.1) is 12.4 Å². The number of anilines is 2. The Balaban J connectivity index is 0.00000261. The highest BCUT2D eigenvalue weighted by atomic mass is 35.5. The van der Waals surface area contributed by atoms with Crippen LogP contribution in [-0.2, 0) is 11.2 Å². The molecule has 2 N–H and O–H groups in total. The van der Waals surface area contributed by atoms with Crippen LogP contribution in [0.2, 0.25) is 0 Å². The molecule has 2 aromatic carbocycles. The number of amides is 1. The van der Waals surface area contributed by atoms with Crippen LogP contribution in [0.15, 0.2) is 36.4 Å². The molecule has 2 aromatic rings. The van der Waals surface area contributed by atoms with E-state index >= 15 is 0 Å². The third-order valence-corrected chi connectivity index (χ3v) is 5.11. The average molecular weight is 396 g/mol. The summed E-state index contributed by atoms with van der Waals surface area (Å²) in [7, 11) is 1.68. The quantitative estimate of drug-likeness (QED) is 0.798. The van der Waals surface area contributed by atoms with E-state index in [2.05, 4.69) is 0 Å². The molecule has 4 nitrogen and oxygen atoms in total. The van der Waals surface area contributed by atoms with E-state index in [9.17, 15) is 13.6 Å². The Labute approximate surface area is 164 Å². The topological polar surface area (TPSA) is 49.6 Å². The van der Waals surface area contributed by atoms with E-state index in [1.54, 1.807) is 18.9 Å². The number of carbonyl (C=O) groups excluding carboxylic acids is 1. The van der Waals surface area contributed by atoms with Gasteiger partial charge in [0, 0.05) is 25.0 Å². The largest absolute Gasteiger partial charge is 0.398 e. The number of nitrogen functional groups attached to an aromatic ring is 1. The molecule has 0 saturated carbocycles. The number of fused-ring (bicyclic) bond motifs is 1. The van der Waals surface area contributed by atoms with Crippen LogP contribution in [0.4, 0.5) is 20.2 Å². The van der Waals surface area contributed by atoms with Crippen LogP contribution in [-0.4, -0.2) is 30.9 Å². The predicted molar refractivity (Wildman–Crippen MR) is 106 cm³/mol. The van der Waals surface area contributed by atoms with E-state index in [1.807, 2.05) is 23.1 Å². The zero-order valence-corrected chi connectivity index (χ0v) is 16.2. The van der Waals surface area contributed by atoms with Crippen LogP contribution >= 0.6 is 12.4 Å². The molecule has 0 saturated heterocycles. The van der Waals surface area contributed by atoms with Crippen molar-refractivity contribution in [2.75, 3.05) is 30.8 Å². The minimum atomic E-state index is -0.907. The van der Waals surface area contributed by atoms with Gasteiger partial charge in [-0.2, -0.15) is 0 Å². The van der Waals surface area contributed by atoms with Crippen molar-refractivity contribution >= 4 is 29.7 Å². The molecule has 1 aliphatic rings. The number of nitrogens with two attached hydrogens (primary N) is 1. The fourth-order valence-corrected chi connectivity index (χ4v) is 3.38. The predicted octanol–water partition coefficient (Wildman–Crippen LogP) is 3.94. The molecule has 3 rings (SSSR count). The minimum Gasteiger partial charge on any atom is -0.398 e. The molecular weight excluding hydrogens is 372 g/mol. The maximum absolute atomic E-state index is 13.5. The van der Waals surface area contributed by atoms with E-state index in [0.29, 0.717) is 5.56 Å². The number of nitrogens with zero attached hydrogens (tertiary/aromatic N) is 2. The highest BCUT2D eigenvalue weighted by molar-refractivity contribution is 5.85. The normalized spacial score (nSPS) is 14.1. The first kappa shape index (κ1) is 21.0. The Kier molecular flexibility index (Phi) is 6.65. The summed E-state index contributed by atoms with van der Waals surface area (Å²) >= 11 is 0. The molecule has 0 fully saturated rings. The lowest BCUT2D eigenvalue weighted by Crippen LogP contribution is -2.41. The van der Waals surface area contributed by atoms with Crippen LogP contribution in [0.5, 0.6) is 0 Å². The first-order chi connectivity index (χ1) is 12.4. The number of benzene rings is 2. The van der Waals surface area contributed by atoms with Crippen molar-refractivity contribution < 1.29 is 13.6 Å². The number of rotatable bonds is 4. The number of halogens is 3. The molecule has 146 valence electrons. The van der Waals surface area contributed by atoms with Crippen molar-refractivity contribution in [1.82, 2.24) is 4.90 Å². The van der Waals surface area contributed by atoms with Crippen LogP contribution in [0.25, 0.3) is 0 Å². The van der Waals surface area contributed by atoms with E-state index in [1.165, 1.54) is 6.07 Å². The molecule has 0 spiro atoms. The molecule has 1 atom stereocenters. The summed E-state index contributed by atoms with van der Waals surface area (Å²) in [5.74, 6) is -1.88. The summed E-state index contributed by atoms with van der Waals surface area (Å²) in [6.45, 7) is 2.81. The Hall–Kier alpha value is -2.34. The summed E-state index contributed by atoms with van der Waals surface area (Å²) < 4.78 is 26.6. The number of likely N-dealkylation sites (N-methyl/N-ethyl adjacent to an activating group) is 1. The number of hydrogen-bond acceptors (Lipinski definition) is 3. The van der Waals surface area contributed by atoms with E-state index < -0.39 is 11.6 Å². The van der Waals surface area contributed by atoms with Gasteiger partial charge in [-0.1, -0.05) is 12.1 Å². The lowest BCUT2D eigenvalue weighted by atomic mass is 10.00. The fourth-order valence-electron chi connectivity index (χ4n) is 3.38. The molecule has 0 aromatic heterocycles. The minimum absolute atomic E-state index is 0. The van der Waals surface area contributed by atoms with Crippen molar-refractivity contribution in [2.45, 2.75) is 25.8 Å². The Bertz CT molecular complexity index is 831. The van der Waals surface area contributed by atoms with Crippen molar-refractivity contribution in [3.05, 3.63) is 59.2 Å². The van der Waals surface area contributed by atoms with Crippen molar-refractivity contribution in [3.8, 4) is 0 Å². The van der Waals surface area contributed by atoms with Gasteiger partial charge in [0.15, 0.2) is 11.6 Å². The maximum atomic E-state index is 13.5. The van der Waals surface area contributed by atoms with Gasteiger partial charge in [-0.3, -0.25) is 4.79 Å². The third-order valence-electron chi connectivity index (χ3n) is 5.11. The van der Waals surface area contributed by atoms with Gasteiger partial charge in [0.25, 0.3) is 0 Å². The second-order valence-corrected chi connectivity index (χ2v) is 6.72. The second kappa shape index (κ2) is 8.57. The lowest BCUT2D eigenvalue weighted by Gasteiger charge is -2.34. The van der Waals surface area contributed by atoms with Gasteiger partial charge in [-0.25, -0.2) is 8.78 Å². The first-order valence-electron chi connectivity index (χ1n) is 8.71. The van der Waals surface area contributed by atoms with E-state index in [-0.39, 0.29) is 30.9 Å². The van der Waals surface area contributed by atoms with Crippen molar-refractivity contribution in [2.24, 2.45) is 0 Å². The van der Waals surface area contributed by atoms with Crippen molar-refractivity contribution in [3.63, 3.8) is 0 Å². The summed E-state index contributed by atoms with van der Waals surface area (Å²) in [4.78, 5) is 16.4. The van der Waals surface area contributed by atoms with Gasteiger partial charge in [0.1, 0.15) is 0 Å². The Morgan fingerprint density at radius 1 is 1.26 bits per heavy atom. The lowest BCUT2D eigenvalue weighted by molar-refractivity contribution is -0.130. The smallest absolute Gasteiger partial charge is 0.242 e. The summed E-state index contributed by atoms with van der Waals surface area (Å²) in [6.07, 6.45) is 1.85. The monoisotopic (exact) mass is 395 g/mol. The summed E-state index contributed by atoms with van der Waals surface area (Å²) in [5.41, 5.74) is 9.45. The molecule has 0 radical (unpaired) electrons.